The van der Waals surface area contributed by atoms with Gasteiger partial charge in [0.1, 0.15) is 0 Å². The lowest BCUT2D eigenvalue weighted by Gasteiger charge is -2.24. The monoisotopic (exact) mass is 294 g/mol. The molecule has 0 aromatic heterocycles. The van der Waals surface area contributed by atoms with Crippen LogP contribution < -0.4 is 10.6 Å². The molecule has 0 fully saturated rings. The van der Waals surface area contributed by atoms with Gasteiger partial charge >= 0.3 is 6.18 Å². The van der Waals surface area contributed by atoms with Crippen LogP contribution in [-0.2, 0) is 12.7 Å². The van der Waals surface area contributed by atoms with Crippen molar-refractivity contribution < 1.29 is 13.2 Å². The van der Waals surface area contributed by atoms with Gasteiger partial charge in [-0.3, -0.25) is 0 Å². The summed E-state index contributed by atoms with van der Waals surface area (Å²) in [5.41, 5.74) is 6.78. The van der Waals surface area contributed by atoms with Gasteiger partial charge in [-0.15, -0.1) is 0 Å². The van der Waals surface area contributed by atoms with E-state index in [1.165, 1.54) is 12.1 Å². The minimum atomic E-state index is -4.31. The molecule has 112 valence electrons. The van der Waals surface area contributed by atoms with Crippen LogP contribution >= 0.6 is 0 Å². The summed E-state index contributed by atoms with van der Waals surface area (Å²) >= 11 is 0. The van der Waals surface area contributed by atoms with Gasteiger partial charge in [-0.25, -0.2) is 0 Å². The predicted octanol–water partition coefficient (Wildman–Crippen LogP) is 3.67. The lowest BCUT2D eigenvalue weighted by atomic mass is 10.1. The fourth-order valence-electron chi connectivity index (χ4n) is 2.12. The van der Waals surface area contributed by atoms with Crippen LogP contribution in [0.1, 0.15) is 11.1 Å². The van der Waals surface area contributed by atoms with Crippen LogP contribution in [0.3, 0.4) is 0 Å². The second-order valence-corrected chi connectivity index (χ2v) is 4.74. The Morgan fingerprint density at radius 2 is 1.52 bits per heavy atom. The summed E-state index contributed by atoms with van der Waals surface area (Å²) in [6.45, 7) is 1.64. The highest BCUT2D eigenvalue weighted by atomic mass is 19.4. The Balaban J connectivity index is 2.18. The molecule has 21 heavy (non-hydrogen) atoms. The molecule has 0 radical (unpaired) electrons. The van der Waals surface area contributed by atoms with Gasteiger partial charge in [-0.05, 0) is 29.8 Å². The number of nitrogens with two attached hydrogens (primary N) is 1. The molecule has 0 unspecified atom stereocenters. The molecule has 0 aliphatic rings. The molecule has 0 aliphatic carbocycles. The first-order chi connectivity index (χ1) is 10.0. The van der Waals surface area contributed by atoms with Crippen molar-refractivity contribution in [1.29, 1.82) is 0 Å². The van der Waals surface area contributed by atoms with E-state index in [1.807, 2.05) is 35.2 Å². The zero-order chi connectivity index (χ0) is 15.3. The van der Waals surface area contributed by atoms with Crippen molar-refractivity contribution in [2.24, 2.45) is 5.73 Å². The third-order valence-corrected chi connectivity index (χ3v) is 3.18. The number of anilines is 1. The maximum atomic E-state index is 12.6. The number of hydrogen-bond acceptors (Lipinski definition) is 2. The van der Waals surface area contributed by atoms with Crippen LogP contribution in [0.5, 0.6) is 0 Å². The van der Waals surface area contributed by atoms with E-state index < -0.39 is 11.7 Å². The van der Waals surface area contributed by atoms with Gasteiger partial charge in [0.25, 0.3) is 0 Å². The highest BCUT2D eigenvalue weighted by Crippen LogP contribution is 2.30. The quantitative estimate of drug-likeness (QED) is 0.911. The number of alkyl halides is 3. The Bertz CT molecular complexity index is 550. The number of nitrogens with zero attached hydrogens (tertiary/aromatic N) is 1. The summed E-state index contributed by atoms with van der Waals surface area (Å²) < 4.78 is 37.7. The Labute approximate surface area is 122 Å². The topological polar surface area (TPSA) is 29.3 Å². The van der Waals surface area contributed by atoms with Crippen LogP contribution in [0, 0.1) is 0 Å². The first kappa shape index (κ1) is 15.4. The van der Waals surface area contributed by atoms with Gasteiger partial charge in [0.05, 0.1) is 5.56 Å². The van der Waals surface area contributed by atoms with Crippen LogP contribution in [0.4, 0.5) is 18.9 Å². The lowest BCUT2D eigenvalue weighted by Crippen LogP contribution is -2.28. The average Bonchev–Trinajstić information content (AvgIpc) is 2.47. The minimum absolute atomic E-state index is 0.438. The Kier molecular flexibility index (Phi) is 4.85. The molecule has 0 spiro atoms. The molecular weight excluding hydrogens is 277 g/mol. The number of rotatable bonds is 5. The van der Waals surface area contributed by atoms with Gasteiger partial charge in [0.2, 0.25) is 0 Å². The second-order valence-electron chi connectivity index (χ2n) is 4.74. The Hall–Kier alpha value is -2.01. The maximum Gasteiger partial charge on any atom is 0.416 e. The largest absolute Gasteiger partial charge is 0.416 e. The van der Waals surface area contributed by atoms with Crippen LogP contribution in [-0.4, -0.2) is 13.1 Å². The molecule has 0 amide bonds. The molecule has 0 bridgehead atoms. The third-order valence-electron chi connectivity index (χ3n) is 3.18. The van der Waals surface area contributed by atoms with Crippen molar-refractivity contribution in [1.82, 2.24) is 0 Å². The zero-order valence-corrected chi connectivity index (χ0v) is 11.5. The zero-order valence-electron chi connectivity index (χ0n) is 11.5. The molecule has 0 saturated carbocycles. The highest BCUT2D eigenvalue weighted by molar-refractivity contribution is 5.48. The Morgan fingerprint density at radius 3 is 2.05 bits per heavy atom. The molecule has 2 aromatic carbocycles. The standard InChI is InChI=1S/C16H17F3N2/c17-16(18,19)14-6-8-15(9-7-14)21(11-10-20)12-13-4-2-1-3-5-13/h1-9H,10-12,20H2. The van der Waals surface area contributed by atoms with Gasteiger partial charge < -0.3 is 10.6 Å². The Morgan fingerprint density at radius 1 is 0.905 bits per heavy atom. The van der Waals surface area contributed by atoms with Crippen molar-refractivity contribution in [2.75, 3.05) is 18.0 Å². The first-order valence-electron chi connectivity index (χ1n) is 6.67. The molecule has 0 heterocycles. The van der Waals surface area contributed by atoms with E-state index in [0.717, 1.165) is 23.4 Å². The van der Waals surface area contributed by atoms with E-state index in [1.54, 1.807) is 0 Å². The summed E-state index contributed by atoms with van der Waals surface area (Å²) in [7, 11) is 0. The van der Waals surface area contributed by atoms with E-state index in [0.29, 0.717) is 19.6 Å². The normalized spacial score (nSPS) is 11.4. The van der Waals surface area contributed by atoms with E-state index in [2.05, 4.69) is 0 Å². The molecule has 5 heteroatoms. The second kappa shape index (κ2) is 6.63. The number of hydrogen-bond donors (Lipinski definition) is 1. The van der Waals surface area contributed by atoms with Crippen molar-refractivity contribution in [2.45, 2.75) is 12.7 Å². The molecule has 2 N–H and O–H groups in total. The van der Waals surface area contributed by atoms with E-state index >= 15 is 0 Å². The minimum Gasteiger partial charge on any atom is -0.366 e. The van der Waals surface area contributed by atoms with E-state index in [-0.39, 0.29) is 0 Å². The van der Waals surface area contributed by atoms with Crippen molar-refractivity contribution in [3.63, 3.8) is 0 Å². The van der Waals surface area contributed by atoms with Crippen molar-refractivity contribution >= 4 is 5.69 Å². The van der Waals surface area contributed by atoms with Gasteiger partial charge in [0.15, 0.2) is 0 Å². The maximum absolute atomic E-state index is 12.6. The van der Waals surface area contributed by atoms with E-state index in [4.69, 9.17) is 5.73 Å². The van der Waals surface area contributed by atoms with Crippen molar-refractivity contribution in [3.8, 4) is 0 Å². The molecule has 0 aliphatic heterocycles. The molecule has 0 atom stereocenters. The van der Waals surface area contributed by atoms with Gasteiger partial charge in [0, 0.05) is 25.3 Å². The summed E-state index contributed by atoms with van der Waals surface area (Å²) in [6, 6.07) is 14.9. The molecule has 2 rings (SSSR count). The van der Waals surface area contributed by atoms with E-state index in [9.17, 15) is 13.2 Å². The summed E-state index contributed by atoms with van der Waals surface area (Å²) in [5, 5.41) is 0. The van der Waals surface area contributed by atoms with Gasteiger partial charge in [-0.1, -0.05) is 30.3 Å². The van der Waals surface area contributed by atoms with Crippen LogP contribution in [0.15, 0.2) is 54.6 Å². The first-order valence-corrected chi connectivity index (χ1v) is 6.67. The summed E-state index contributed by atoms with van der Waals surface area (Å²) in [4.78, 5) is 1.97. The van der Waals surface area contributed by atoms with Gasteiger partial charge in [-0.2, -0.15) is 13.2 Å². The molecule has 0 saturated heterocycles. The molecule has 2 nitrogen and oxygen atoms in total. The lowest BCUT2D eigenvalue weighted by molar-refractivity contribution is -0.137. The molecule has 2 aromatic rings. The number of benzene rings is 2. The summed E-state index contributed by atoms with van der Waals surface area (Å²) in [6.07, 6.45) is -4.31. The predicted molar refractivity (Wildman–Crippen MR) is 78.0 cm³/mol. The average molecular weight is 294 g/mol. The van der Waals surface area contributed by atoms with Crippen LogP contribution in [0.25, 0.3) is 0 Å². The number of halogens is 3. The van der Waals surface area contributed by atoms with Crippen LogP contribution in [0.2, 0.25) is 0 Å². The fourth-order valence-corrected chi connectivity index (χ4v) is 2.12. The highest BCUT2D eigenvalue weighted by Gasteiger charge is 2.30. The van der Waals surface area contributed by atoms with Crippen molar-refractivity contribution in [3.05, 3.63) is 65.7 Å². The SMILES string of the molecule is NCCN(Cc1ccccc1)c1ccc(C(F)(F)F)cc1. The fraction of sp³-hybridized carbons (Fsp3) is 0.250. The summed E-state index contributed by atoms with van der Waals surface area (Å²) in [5.74, 6) is 0. The molecular formula is C16H17F3N2. The smallest absolute Gasteiger partial charge is 0.366 e. The third kappa shape index (κ3) is 4.23.